The van der Waals surface area contributed by atoms with Crippen molar-refractivity contribution >= 4 is 102 Å². The number of nitrogens with zero attached hydrogens (tertiary/aromatic N) is 1. The molecule has 0 aliphatic rings. The van der Waals surface area contributed by atoms with Gasteiger partial charge in [-0.3, -0.25) is 0 Å². The van der Waals surface area contributed by atoms with Crippen LogP contribution in [0.3, 0.4) is 0 Å². The van der Waals surface area contributed by atoms with Crippen LogP contribution in [-0.4, -0.2) is 0 Å². The fourth-order valence-corrected chi connectivity index (χ4v) is 10.3. The van der Waals surface area contributed by atoms with E-state index in [4.69, 9.17) is 4.42 Å². The number of fused-ring (bicyclic) bond motifs is 9. The zero-order valence-electron chi connectivity index (χ0n) is 27.9. The van der Waals surface area contributed by atoms with Gasteiger partial charge in [0.05, 0.1) is 5.69 Å². The first-order valence-electron chi connectivity index (χ1n) is 17.5. The summed E-state index contributed by atoms with van der Waals surface area (Å²) in [5.41, 5.74) is 9.97. The summed E-state index contributed by atoms with van der Waals surface area (Å²) in [6, 6.07) is 63.7. The molecule has 0 radical (unpaired) electrons. The van der Waals surface area contributed by atoms with E-state index in [1.54, 1.807) is 0 Å². The van der Waals surface area contributed by atoms with Gasteiger partial charge in [0.25, 0.3) is 0 Å². The molecule has 11 rings (SSSR count). The zero-order valence-corrected chi connectivity index (χ0v) is 29.5. The van der Waals surface area contributed by atoms with Crippen LogP contribution in [-0.2, 0) is 0 Å². The molecule has 0 fully saturated rings. The lowest BCUT2D eigenvalue weighted by Crippen LogP contribution is -2.10. The molecule has 0 aliphatic carbocycles. The van der Waals surface area contributed by atoms with Crippen LogP contribution in [0.2, 0.25) is 0 Å². The van der Waals surface area contributed by atoms with E-state index in [2.05, 4.69) is 169 Å². The van der Waals surface area contributed by atoms with E-state index in [1.165, 1.54) is 51.5 Å². The van der Waals surface area contributed by atoms with Crippen molar-refractivity contribution in [2.75, 3.05) is 4.90 Å². The van der Waals surface area contributed by atoms with E-state index in [1.807, 2.05) is 34.8 Å². The second-order valence-corrected chi connectivity index (χ2v) is 15.4. The van der Waals surface area contributed by atoms with E-state index in [0.29, 0.717) is 0 Å². The summed E-state index contributed by atoms with van der Waals surface area (Å²) in [7, 11) is 0. The largest absolute Gasteiger partial charge is 0.456 e. The van der Waals surface area contributed by atoms with Crippen LogP contribution in [0.25, 0.3) is 84.5 Å². The predicted molar refractivity (Wildman–Crippen MR) is 225 cm³/mol. The van der Waals surface area contributed by atoms with Gasteiger partial charge in [-0.05, 0) is 89.0 Å². The highest BCUT2D eigenvalue weighted by Crippen LogP contribution is 2.47. The summed E-state index contributed by atoms with van der Waals surface area (Å²) in [5.74, 6) is 0. The molecule has 2 nitrogen and oxygen atoms in total. The Balaban J connectivity index is 1.12. The Bertz CT molecular complexity index is 3150. The van der Waals surface area contributed by atoms with Crippen LogP contribution < -0.4 is 4.90 Å². The molecule has 8 aromatic carbocycles. The molecule has 4 heteroatoms. The predicted octanol–water partition coefficient (Wildman–Crippen LogP) is 15.1. The van der Waals surface area contributed by atoms with E-state index >= 15 is 0 Å². The highest BCUT2D eigenvalue weighted by molar-refractivity contribution is 7.26. The molecule has 3 heterocycles. The van der Waals surface area contributed by atoms with Crippen molar-refractivity contribution in [1.29, 1.82) is 0 Å². The van der Waals surface area contributed by atoms with E-state index < -0.39 is 0 Å². The molecule has 0 N–H and O–H groups in total. The monoisotopic (exact) mass is 699 g/mol. The number of anilines is 3. The Hall–Kier alpha value is -6.20. The number of benzene rings is 8. The molecule has 0 amide bonds. The molecule has 0 spiro atoms. The fourth-order valence-electron chi connectivity index (χ4n) is 8.00. The second-order valence-electron chi connectivity index (χ2n) is 13.2. The first-order valence-corrected chi connectivity index (χ1v) is 19.1. The van der Waals surface area contributed by atoms with Crippen LogP contribution in [0.1, 0.15) is 0 Å². The minimum Gasteiger partial charge on any atom is -0.456 e. The molecule has 11 aromatic rings. The van der Waals surface area contributed by atoms with Crippen molar-refractivity contribution < 1.29 is 4.42 Å². The number of furan rings is 1. The Labute approximate surface area is 308 Å². The topological polar surface area (TPSA) is 16.4 Å². The standard InChI is InChI=1S/C48H29NOS2/c1-4-19-40-36(13-1)46-35(16-8-20-41(46)50-40)31-11-7-12-33(29-31)49(39-18-10-24-45-48(39)38-15-3-6-22-43(38)52-45)32-27-25-30(26-28-32)34-17-9-23-44-47(34)37-14-2-5-21-42(37)51-44/h1-29H. The summed E-state index contributed by atoms with van der Waals surface area (Å²) in [6.07, 6.45) is 0. The van der Waals surface area contributed by atoms with Gasteiger partial charge in [0.2, 0.25) is 0 Å². The first kappa shape index (κ1) is 29.5. The first-order chi connectivity index (χ1) is 25.8. The van der Waals surface area contributed by atoms with Gasteiger partial charge < -0.3 is 9.32 Å². The van der Waals surface area contributed by atoms with Crippen molar-refractivity contribution in [2.24, 2.45) is 0 Å². The van der Waals surface area contributed by atoms with Crippen LogP contribution in [0.5, 0.6) is 0 Å². The number of para-hydroxylation sites is 1. The lowest BCUT2D eigenvalue weighted by molar-refractivity contribution is 0.669. The van der Waals surface area contributed by atoms with E-state index in [-0.39, 0.29) is 0 Å². The molecule has 3 aromatic heterocycles. The normalized spacial score (nSPS) is 11.8. The minimum absolute atomic E-state index is 0.902. The maximum atomic E-state index is 6.30. The molecule has 0 unspecified atom stereocenters. The molecule has 0 saturated carbocycles. The van der Waals surface area contributed by atoms with Crippen molar-refractivity contribution in [2.45, 2.75) is 0 Å². The van der Waals surface area contributed by atoms with Crippen LogP contribution in [0.4, 0.5) is 17.1 Å². The highest BCUT2D eigenvalue weighted by atomic mass is 32.1. The Morgan fingerprint density at radius 1 is 0.365 bits per heavy atom. The smallest absolute Gasteiger partial charge is 0.136 e. The van der Waals surface area contributed by atoms with Gasteiger partial charge >= 0.3 is 0 Å². The van der Waals surface area contributed by atoms with Crippen molar-refractivity contribution in [3.05, 3.63) is 176 Å². The van der Waals surface area contributed by atoms with Gasteiger partial charge in [-0.25, -0.2) is 0 Å². The molecular formula is C48H29NOS2. The van der Waals surface area contributed by atoms with Crippen LogP contribution >= 0.6 is 22.7 Å². The number of hydrogen-bond donors (Lipinski definition) is 0. The summed E-state index contributed by atoms with van der Waals surface area (Å²) >= 11 is 3.72. The lowest BCUT2D eigenvalue weighted by atomic mass is 9.98. The van der Waals surface area contributed by atoms with E-state index in [9.17, 15) is 0 Å². The molecule has 0 bridgehead atoms. The average Bonchev–Trinajstić information content (AvgIpc) is 3.90. The zero-order chi connectivity index (χ0) is 34.2. The van der Waals surface area contributed by atoms with Gasteiger partial charge in [-0.15, -0.1) is 22.7 Å². The van der Waals surface area contributed by atoms with Gasteiger partial charge in [-0.1, -0.05) is 109 Å². The Morgan fingerprint density at radius 3 is 1.73 bits per heavy atom. The molecule has 0 atom stereocenters. The summed E-state index contributed by atoms with van der Waals surface area (Å²) in [5, 5.41) is 7.48. The summed E-state index contributed by atoms with van der Waals surface area (Å²) in [4.78, 5) is 2.43. The number of thiophene rings is 2. The molecule has 52 heavy (non-hydrogen) atoms. The van der Waals surface area contributed by atoms with Gasteiger partial charge in [0.1, 0.15) is 11.2 Å². The maximum Gasteiger partial charge on any atom is 0.136 e. The molecule has 0 aliphatic heterocycles. The van der Waals surface area contributed by atoms with Crippen LogP contribution in [0.15, 0.2) is 180 Å². The highest BCUT2D eigenvalue weighted by Gasteiger charge is 2.20. The number of hydrogen-bond acceptors (Lipinski definition) is 4. The van der Waals surface area contributed by atoms with Crippen molar-refractivity contribution in [3.63, 3.8) is 0 Å². The maximum absolute atomic E-state index is 6.30. The SMILES string of the molecule is c1cc(-c2cccc3oc4ccccc4c23)cc(N(c2ccc(-c3cccc4sc5ccccc5c34)cc2)c2cccc3sc4ccccc4c23)c1. The van der Waals surface area contributed by atoms with Crippen LogP contribution in [0, 0.1) is 0 Å². The average molecular weight is 700 g/mol. The Morgan fingerprint density at radius 2 is 0.942 bits per heavy atom. The molecule has 0 saturated heterocycles. The minimum atomic E-state index is 0.902. The third-order valence-corrected chi connectivity index (χ3v) is 12.6. The lowest BCUT2D eigenvalue weighted by Gasteiger charge is -2.27. The molecular weight excluding hydrogens is 671 g/mol. The quantitative estimate of drug-likeness (QED) is 0.178. The van der Waals surface area contributed by atoms with Gasteiger partial charge in [-0.2, -0.15) is 0 Å². The van der Waals surface area contributed by atoms with Crippen molar-refractivity contribution in [1.82, 2.24) is 0 Å². The Kier molecular flexibility index (Phi) is 6.63. The van der Waals surface area contributed by atoms with Gasteiger partial charge in [0, 0.05) is 62.5 Å². The molecule has 244 valence electrons. The summed E-state index contributed by atoms with van der Waals surface area (Å²) in [6.45, 7) is 0. The third kappa shape index (κ3) is 4.55. The van der Waals surface area contributed by atoms with E-state index in [0.717, 1.165) is 50.1 Å². The third-order valence-electron chi connectivity index (χ3n) is 10.3. The van der Waals surface area contributed by atoms with Crippen molar-refractivity contribution in [3.8, 4) is 22.3 Å². The summed E-state index contributed by atoms with van der Waals surface area (Å²) < 4.78 is 11.5. The second kappa shape index (κ2) is 11.7. The fraction of sp³-hybridized carbons (Fsp3) is 0. The van der Waals surface area contributed by atoms with Gasteiger partial charge in [0.15, 0.2) is 0 Å². The number of rotatable bonds is 5.